The molecule has 3 aromatic rings. The second-order valence-corrected chi connectivity index (χ2v) is 8.58. The molecule has 0 bridgehead atoms. The zero-order valence-electron chi connectivity index (χ0n) is 17.4. The van der Waals surface area contributed by atoms with Gasteiger partial charge in [0, 0.05) is 11.6 Å². The molecule has 0 radical (unpaired) electrons. The molecule has 3 rings (SSSR count). The first-order chi connectivity index (χ1) is 14.0. The highest BCUT2D eigenvalue weighted by atomic mass is 35.5. The number of halogens is 3. The van der Waals surface area contributed by atoms with Crippen molar-refractivity contribution in [2.45, 2.75) is 52.7 Å². The molecule has 0 saturated heterocycles. The molecule has 30 heavy (non-hydrogen) atoms. The molecular formula is C21H23ClF2N4O2. The third kappa shape index (κ3) is 4.53. The first-order valence-corrected chi connectivity index (χ1v) is 9.83. The van der Waals surface area contributed by atoms with Gasteiger partial charge < -0.3 is 4.74 Å². The van der Waals surface area contributed by atoms with Crippen LogP contribution in [0.1, 0.15) is 51.8 Å². The number of imidazole rings is 1. The van der Waals surface area contributed by atoms with E-state index in [1.165, 1.54) is 16.6 Å². The van der Waals surface area contributed by atoms with Gasteiger partial charge in [0.1, 0.15) is 17.2 Å². The predicted molar refractivity (Wildman–Crippen MR) is 111 cm³/mol. The quantitative estimate of drug-likeness (QED) is 0.524. The predicted octanol–water partition coefficient (Wildman–Crippen LogP) is 5.73. The van der Waals surface area contributed by atoms with Crippen molar-refractivity contribution in [3.05, 3.63) is 58.5 Å². The summed E-state index contributed by atoms with van der Waals surface area (Å²) < 4.78 is 35.7. The van der Waals surface area contributed by atoms with Gasteiger partial charge in [-0.15, -0.1) is 0 Å². The topological polar surface area (TPSA) is 59.7 Å². The first-order valence-electron chi connectivity index (χ1n) is 9.45. The van der Waals surface area contributed by atoms with Crippen LogP contribution in [0.5, 0.6) is 0 Å². The fourth-order valence-electron chi connectivity index (χ4n) is 2.94. The van der Waals surface area contributed by atoms with E-state index in [0.717, 1.165) is 22.7 Å². The first kappa shape index (κ1) is 22.0. The van der Waals surface area contributed by atoms with Gasteiger partial charge in [-0.25, -0.2) is 23.1 Å². The highest BCUT2D eigenvalue weighted by molar-refractivity contribution is 6.29. The highest BCUT2D eigenvalue weighted by Crippen LogP contribution is 2.30. The van der Waals surface area contributed by atoms with Crippen LogP contribution in [0.25, 0.3) is 5.65 Å². The van der Waals surface area contributed by atoms with E-state index in [0.29, 0.717) is 5.65 Å². The van der Waals surface area contributed by atoms with Crippen molar-refractivity contribution in [2.24, 2.45) is 0 Å². The van der Waals surface area contributed by atoms with Crippen LogP contribution >= 0.6 is 11.6 Å². The molecule has 2 aromatic heterocycles. The number of amides is 1. The minimum Gasteiger partial charge on any atom is -0.443 e. The molecule has 0 spiro atoms. The van der Waals surface area contributed by atoms with Crippen LogP contribution in [0, 0.1) is 11.6 Å². The van der Waals surface area contributed by atoms with Crippen LogP contribution < -0.4 is 4.90 Å². The number of aromatic nitrogens is 3. The average molecular weight is 437 g/mol. The van der Waals surface area contributed by atoms with E-state index in [9.17, 15) is 13.6 Å². The van der Waals surface area contributed by atoms with Crippen LogP contribution in [0.4, 0.5) is 19.3 Å². The van der Waals surface area contributed by atoms with Crippen LogP contribution in [0.3, 0.4) is 0 Å². The van der Waals surface area contributed by atoms with Crippen molar-refractivity contribution < 1.29 is 18.3 Å². The summed E-state index contributed by atoms with van der Waals surface area (Å²) in [6, 6.07) is 4.95. The van der Waals surface area contributed by atoms with Crippen molar-refractivity contribution in [3.63, 3.8) is 0 Å². The number of hydrogen-bond acceptors (Lipinski definition) is 4. The Labute approximate surface area is 178 Å². The SMILES string of the molecule is CC(C)c1cnc2c(N(Cc3c(F)cccc3F)C(=O)OC(C)(C)C)cc(Cl)nn12. The van der Waals surface area contributed by atoms with Gasteiger partial charge in [-0.2, -0.15) is 5.10 Å². The van der Waals surface area contributed by atoms with Gasteiger partial charge in [-0.3, -0.25) is 4.90 Å². The molecule has 0 unspecified atom stereocenters. The van der Waals surface area contributed by atoms with Crippen LogP contribution in [-0.2, 0) is 11.3 Å². The number of anilines is 1. The fraction of sp³-hybridized carbons (Fsp3) is 0.381. The molecule has 160 valence electrons. The second kappa shape index (κ2) is 8.18. The zero-order chi connectivity index (χ0) is 22.2. The lowest BCUT2D eigenvalue weighted by atomic mass is 10.1. The van der Waals surface area contributed by atoms with Crippen LogP contribution in [-0.4, -0.2) is 26.3 Å². The minimum atomic E-state index is -0.825. The van der Waals surface area contributed by atoms with Crippen molar-refractivity contribution in [1.82, 2.24) is 14.6 Å². The summed E-state index contributed by atoms with van der Waals surface area (Å²) >= 11 is 6.22. The number of benzene rings is 1. The number of fused-ring (bicyclic) bond motifs is 1. The maximum absolute atomic E-state index is 14.4. The summed E-state index contributed by atoms with van der Waals surface area (Å²) in [4.78, 5) is 18.5. The molecule has 1 amide bonds. The van der Waals surface area contributed by atoms with Gasteiger partial charge in [0.25, 0.3) is 0 Å². The summed E-state index contributed by atoms with van der Waals surface area (Å²) in [5.74, 6) is -1.46. The van der Waals surface area contributed by atoms with E-state index in [-0.39, 0.29) is 22.3 Å². The summed E-state index contributed by atoms with van der Waals surface area (Å²) in [5, 5.41) is 4.37. The minimum absolute atomic E-state index is 0.0813. The Kier molecular flexibility index (Phi) is 5.99. The zero-order valence-corrected chi connectivity index (χ0v) is 18.2. The summed E-state index contributed by atoms with van der Waals surface area (Å²) in [5.41, 5.74) is 0.235. The Morgan fingerprint density at radius 1 is 1.27 bits per heavy atom. The van der Waals surface area contributed by atoms with Gasteiger partial charge in [0.05, 0.1) is 24.1 Å². The van der Waals surface area contributed by atoms with Crippen LogP contribution in [0.15, 0.2) is 30.5 Å². The van der Waals surface area contributed by atoms with E-state index in [1.807, 2.05) is 13.8 Å². The third-order valence-corrected chi connectivity index (χ3v) is 4.50. The molecular weight excluding hydrogens is 414 g/mol. The highest BCUT2D eigenvalue weighted by Gasteiger charge is 2.29. The standard InChI is InChI=1S/C21H23ClF2N4O2/c1-12(2)17-10-25-19-16(9-18(22)26-28(17)19)27(20(29)30-21(3,4)5)11-13-14(23)7-6-8-15(13)24/h6-10,12H,11H2,1-5H3. The van der Waals surface area contributed by atoms with Crippen molar-refractivity contribution in [3.8, 4) is 0 Å². The third-order valence-electron chi connectivity index (χ3n) is 4.32. The summed E-state index contributed by atoms with van der Waals surface area (Å²) in [6.45, 7) is 8.63. The number of rotatable bonds is 4. The van der Waals surface area contributed by atoms with E-state index in [4.69, 9.17) is 16.3 Å². The van der Waals surface area contributed by atoms with E-state index >= 15 is 0 Å². The van der Waals surface area contributed by atoms with Gasteiger partial charge in [0.15, 0.2) is 10.8 Å². The molecule has 0 atom stereocenters. The molecule has 0 N–H and O–H groups in total. The lowest BCUT2D eigenvalue weighted by Crippen LogP contribution is -2.37. The number of ether oxygens (including phenoxy) is 1. The Balaban J connectivity index is 2.18. The number of hydrogen-bond donors (Lipinski definition) is 0. The van der Waals surface area contributed by atoms with Gasteiger partial charge in [0.2, 0.25) is 0 Å². The molecule has 0 saturated carbocycles. The molecule has 0 aliphatic carbocycles. The molecule has 0 fully saturated rings. The summed E-state index contributed by atoms with van der Waals surface area (Å²) in [7, 11) is 0. The Morgan fingerprint density at radius 3 is 2.47 bits per heavy atom. The molecule has 9 heteroatoms. The Bertz CT molecular complexity index is 1070. The smallest absolute Gasteiger partial charge is 0.415 e. The maximum Gasteiger partial charge on any atom is 0.415 e. The Morgan fingerprint density at radius 2 is 1.90 bits per heavy atom. The summed E-state index contributed by atoms with van der Waals surface area (Å²) in [6.07, 6.45) is 0.840. The van der Waals surface area contributed by atoms with Gasteiger partial charge >= 0.3 is 6.09 Å². The van der Waals surface area contributed by atoms with E-state index < -0.39 is 29.9 Å². The lowest BCUT2D eigenvalue weighted by Gasteiger charge is -2.28. The lowest BCUT2D eigenvalue weighted by molar-refractivity contribution is 0.0577. The average Bonchev–Trinajstić information content (AvgIpc) is 3.03. The van der Waals surface area contributed by atoms with E-state index in [2.05, 4.69) is 10.1 Å². The number of carbonyl (C=O) groups is 1. The van der Waals surface area contributed by atoms with E-state index in [1.54, 1.807) is 27.0 Å². The normalized spacial score (nSPS) is 11.9. The monoisotopic (exact) mass is 436 g/mol. The maximum atomic E-state index is 14.4. The number of carbonyl (C=O) groups excluding carboxylic acids is 1. The molecule has 0 aliphatic heterocycles. The van der Waals surface area contributed by atoms with Crippen LogP contribution in [0.2, 0.25) is 5.15 Å². The molecule has 0 aliphatic rings. The van der Waals surface area contributed by atoms with Crippen molar-refractivity contribution in [1.29, 1.82) is 0 Å². The van der Waals surface area contributed by atoms with Gasteiger partial charge in [-0.05, 0) is 38.8 Å². The second-order valence-electron chi connectivity index (χ2n) is 8.19. The fourth-order valence-corrected chi connectivity index (χ4v) is 3.12. The molecule has 2 heterocycles. The molecule has 1 aromatic carbocycles. The van der Waals surface area contributed by atoms with Crippen molar-refractivity contribution in [2.75, 3.05) is 4.90 Å². The van der Waals surface area contributed by atoms with Gasteiger partial charge in [-0.1, -0.05) is 31.5 Å². The number of nitrogens with zero attached hydrogens (tertiary/aromatic N) is 4. The van der Waals surface area contributed by atoms with Crippen molar-refractivity contribution >= 4 is 29.0 Å². The Hall–Kier alpha value is -2.74. The largest absolute Gasteiger partial charge is 0.443 e. The molecule has 6 nitrogen and oxygen atoms in total.